The van der Waals surface area contributed by atoms with Crippen molar-refractivity contribution in [1.29, 1.82) is 0 Å². The van der Waals surface area contributed by atoms with Crippen molar-refractivity contribution >= 4 is 34.8 Å². The quantitative estimate of drug-likeness (QED) is 0.653. The van der Waals surface area contributed by atoms with Crippen LogP contribution in [0.3, 0.4) is 0 Å². The summed E-state index contributed by atoms with van der Waals surface area (Å²) in [7, 11) is 0. The molecule has 0 spiro atoms. The van der Waals surface area contributed by atoms with Crippen molar-refractivity contribution < 1.29 is 13.2 Å². The van der Waals surface area contributed by atoms with Gasteiger partial charge in [0.05, 0.1) is 0 Å². The molecule has 0 aliphatic heterocycles. The minimum atomic E-state index is -4.74. The molecule has 0 saturated carbocycles. The lowest BCUT2D eigenvalue weighted by Crippen LogP contribution is -2.31. The minimum absolute atomic E-state index is 0.150. The van der Waals surface area contributed by atoms with Crippen molar-refractivity contribution in [2.45, 2.75) is 10.5 Å². The van der Waals surface area contributed by atoms with Crippen LogP contribution in [0.25, 0.3) is 0 Å². The lowest BCUT2D eigenvalue weighted by Gasteiger charge is -2.23. The molecule has 0 heterocycles. The summed E-state index contributed by atoms with van der Waals surface area (Å²) in [5, 5.41) is 0.150. The molecule has 0 aliphatic rings. The van der Waals surface area contributed by atoms with Crippen LogP contribution in [-0.4, -0.2) is 6.18 Å². The van der Waals surface area contributed by atoms with E-state index < -0.39 is 10.5 Å². The number of hydrogen-bond acceptors (Lipinski definition) is 0. The summed E-state index contributed by atoms with van der Waals surface area (Å²) in [6.07, 6.45) is -4.74. The van der Waals surface area contributed by atoms with Crippen LogP contribution in [0.5, 0.6) is 0 Å². The normalized spacial score (nSPS) is 13.0. The second kappa shape index (κ2) is 3.80. The van der Waals surface area contributed by atoms with E-state index in [2.05, 4.69) is 0 Å². The molecule has 0 unspecified atom stereocenters. The summed E-state index contributed by atoms with van der Waals surface area (Å²) in [6.45, 7) is 0. The van der Waals surface area contributed by atoms with E-state index in [0.29, 0.717) is 0 Å². The molecule has 0 nitrogen and oxygen atoms in total. The Balaban J connectivity index is 3.16. The standard InChI is InChI=1S/C8H4Cl3F3/c9-6-3-1-2-5(4-6)7(10,11)8(12,13)14/h1-4H. The van der Waals surface area contributed by atoms with Crippen molar-refractivity contribution in [3.05, 3.63) is 34.9 Å². The maximum absolute atomic E-state index is 12.3. The van der Waals surface area contributed by atoms with Crippen LogP contribution < -0.4 is 0 Å². The number of rotatable bonds is 1. The summed E-state index contributed by atoms with van der Waals surface area (Å²) in [5.74, 6) is 0. The number of alkyl halides is 5. The first kappa shape index (κ1) is 12.0. The molecule has 0 radical (unpaired) electrons. The first-order valence-electron chi connectivity index (χ1n) is 3.46. The summed E-state index contributed by atoms with van der Waals surface area (Å²) < 4.78 is 34.1. The van der Waals surface area contributed by atoms with Gasteiger partial charge in [-0.15, -0.1) is 0 Å². The Kier molecular flexibility index (Phi) is 3.24. The van der Waals surface area contributed by atoms with Gasteiger partial charge in [-0.25, -0.2) is 0 Å². The van der Waals surface area contributed by atoms with Crippen LogP contribution in [-0.2, 0) is 4.33 Å². The van der Waals surface area contributed by atoms with Crippen LogP contribution in [0.15, 0.2) is 24.3 Å². The van der Waals surface area contributed by atoms with Gasteiger partial charge in [-0.3, -0.25) is 0 Å². The minimum Gasteiger partial charge on any atom is -0.167 e. The maximum Gasteiger partial charge on any atom is 0.425 e. The van der Waals surface area contributed by atoms with Crippen molar-refractivity contribution in [1.82, 2.24) is 0 Å². The van der Waals surface area contributed by atoms with Gasteiger partial charge in [0.25, 0.3) is 0 Å². The first-order valence-corrected chi connectivity index (χ1v) is 4.59. The average molecular weight is 263 g/mol. The zero-order chi connectivity index (χ0) is 11.0. The maximum atomic E-state index is 12.3. The van der Waals surface area contributed by atoms with Gasteiger partial charge in [-0.2, -0.15) is 13.2 Å². The molecule has 1 aromatic carbocycles. The van der Waals surface area contributed by atoms with Crippen LogP contribution in [0.2, 0.25) is 5.02 Å². The number of benzene rings is 1. The highest BCUT2D eigenvalue weighted by Gasteiger charge is 2.53. The van der Waals surface area contributed by atoms with E-state index in [0.717, 1.165) is 6.07 Å². The molecule has 14 heavy (non-hydrogen) atoms. The molecule has 6 heteroatoms. The van der Waals surface area contributed by atoms with Gasteiger partial charge in [0.1, 0.15) is 0 Å². The van der Waals surface area contributed by atoms with Gasteiger partial charge >= 0.3 is 6.18 Å². The molecule has 0 aliphatic carbocycles. The monoisotopic (exact) mass is 262 g/mol. The van der Waals surface area contributed by atoms with Gasteiger partial charge < -0.3 is 0 Å². The Morgan fingerprint density at radius 1 is 1.07 bits per heavy atom. The summed E-state index contributed by atoms with van der Waals surface area (Å²) in [6, 6.07) is 5.03. The van der Waals surface area contributed by atoms with E-state index in [1.165, 1.54) is 18.2 Å². The van der Waals surface area contributed by atoms with E-state index >= 15 is 0 Å². The fourth-order valence-corrected chi connectivity index (χ4v) is 1.27. The molecular weight excluding hydrogens is 259 g/mol. The fraction of sp³-hybridized carbons (Fsp3) is 0.250. The molecule has 0 amide bonds. The summed E-state index contributed by atoms with van der Waals surface area (Å²) in [5.41, 5.74) is -0.291. The lowest BCUT2D eigenvalue weighted by molar-refractivity contribution is -0.143. The van der Waals surface area contributed by atoms with Gasteiger partial charge in [-0.1, -0.05) is 46.9 Å². The van der Waals surface area contributed by atoms with Gasteiger partial charge in [0, 0.05) is 5.02 Å². The van der Waals surface area contributed by atoms with Crippen molar-refractivity contribution in [3.63, 3.8) is 0 Å². The molecule has 0 saturated heterocycles. The fourth-order valence-electron chi connectivity index (χ4n) is 0.847. The third-order valence-corrected chi connectivity index (χ3v) is 2.64. The van der Waals surface area contributed by atoms with E-state index in [4.69, 9.17) is 34.8 Å². The molecule has 0 atom stereocenters. The van der Waals surface area contributed by atoms with E-state index in [1.54, 1.807) is 0 Å². The molecule has 78 valence electrons. The SMILES string of the molecule is FC(F)(F)C(Cl)(Cl)c1cccc(Cl)c1. The predicted octanol–water partition coefficient (Wildman–Crippen LogP) is 4.53. The highest BCUT2D eigenvalue weighted by molar-refractivity contribution is 6.48. The Hall–Kier alpha value is -0.120. The molecule has 0 bridgehead atoms. The summed E-state index contributed by atoms with van der Waals surface area (Å²) in [4.78, 5) is 0. The topological polar surface area (TPSA) is 0 Å². The van der Waals surface area contributed by atoms with Crippen LogP contribution in [0.1, 0.15) is 5.56 Å². The Morgan fingerprint density at radius 2 is 1.64 bits per heavy atom. The van der Waals surface area contributed by atoms with Gasteiger partial charge in [0.2, 0.25) is 4.33 Å². The van der Waals surface area contributed by atoms with Crippen molar-refractivity contribution in [2.24, 2.45) is 0 Å². The third-order valence-electron chi connectivity index (χ3n) is 1.54. The lowest BCUT2D eigenvalue weighted by atomic mass is 10.1. The van der Waals surface area contributed by atoms with Gasteiger partial charge in [-0.05, 0) is 17.7 Å². The van der Waals surface area contributed by atoms with Crippen LogP contribution in [0, 0.1) is 0 Å². The second-order valence-electron chi connectivity index (χ2n) is 2.58. The smallest absolute Gasteiger partial charge is 0.167 e. The van der Waals surface area contributed by atoms with E-state index in [-0.39, 0.29) is 10.6 Å². The molecule has 0 aromatic heterocycles. The van der Waals surface area contributed by atoms with Crippen molar-refractivity contribution in [3.8, 4) is 0 Å². The Labute approximate surface area is 93.6 Å². The highest BCUT2D eigenvalue weighted by Crippen LogP contribution is 2.48. The zero-order valence-corrected chi connectivity index (χ0v) is 8.84. The van der Waals surface area contributed by atoms with Crippen molar-refractivity contribution in [2.75, 3.05) is 0 Å². The third kappa shape index (κ3) is 2.27. The highest BCUT2D eigenvalue weighted by atomic mass is 35.5. The van der Waals surface area contributed by atoms with Crippen LogP contribution >= 0.6 is 34.8 Å². The number of hydrogen-bond donors (Lipinski definition) is 0. The molecule has 1 rings (SSSR count). The predicted molar refractivity (Wildman–Crippen MR) is 50.9 cm³/mol. The molecule has 1 aromatic rings. The Morgan fingerprint density at radius 3 is 2.07 bits per heavy atom. The van der Waals surface area contributed by atoms with Crippen LogP contribution in [0.4, 0.5) is 13.2 Å². The average Bonchev–Trinajstić information content (AvgIpc) is 2.02. The molecule has 0 N–H and O–H groups in total. The van der Waals surface area contributed by atoms with E-state index in [1.807, 2.05) is 0 Å². The number of halogens is 6. The Bertz CT molecular complexity index is 333. The largest absolute Gasteiger partial charge is 0.425 e. The van der Waals surface area contributed by atoms with E-state index in [9.17, 15) is 13.2 Å². The molecular formula is C8H4Cl3F3. The summed E-state index contributed by atoms with van der Waals surface area (Å²) >= 11 is 15.9. The second-order valence-corrected chi connectivity index (χ2v) is 4.35. The first-order chi connectivity index (χ1) is 6.25. The molecule has 0 fully saturated rings. The van der Waals surface area contributed by atoms with Gasteiger partial charge in [0.15, 0.2) is 0 Å². The zero-order valence-electron chi connectivity index (χ0n) is 6.58.